The zero-order valence-corrected chi connectivity index (χ0v) is 11.2. The number of rotatable bonds is 3. The molecule has 0 amide bonds. The quantitative estimate of drug-likeness (QED) is 0.878. The van der Waals surface area contributed by atoms with E-state index in [4.69, 9.17) is 4.98 Å². The predicted octanol–water partition coefficient (Wildman–Crippen LogP) is 2.49. The number of nitrogens with one attached hydrogen (secondary N) is 1. The largest absolute Gasteiger partial charge is 0.345 e. The first-order chi connectivity index (χ1) is 7.72. The third kappa shape index (κ3) is 2.38. The van der Waals surface area contributed by atoms with Gasteiger partial charge in [-0.2, -0.15) is 0 Å². The van der Waals surface area contributed by atoms with Gasteiger partial charge in [0, 0.05) is 24.5 Å². The molecule has 2 unspecified atom stereocenters. The van der Waals surface area contributed by atoms with E-state index < -0.39 is 0 Å². The number of aromatic nitrogens is 1. The van der Waals surface area contributed by atoms with E-state index in [9.17, 15) is 0 Å². The maximum absolute atomic E-state index is 4.69. The molecule has 4 heteroatoms. The Morgan fingerprint density at radius 2 is 2.38 bits per heavy atom. The van der Waals surface area contributed by atoms with Crippen LogP contribution >= 0.6 is 11.3 Å². The van der Waals surface area contributed by atoms with Gasteiger partial charge in [-0.05, 0) is 32.7 Å². The fourth-order valence-electron chi connectivity index (χ4n) is 2.30. The lowest BCUT2D eigenvalue weighted by atomic mass is 9.93. The average Bonchev–Trinajstić information content (AvgIpc) is 2.71. The van der Waals surface area contributed by atoms with E-state index >= 15 is 0 Å². The Hall–Kier alpha value is -0.610. The van der Waals surface area contributed by atoms with Gasteiger partial charge in [0.2, 0.25) is 0 Å². The van der Waals surface area contributed by atoms with Crippen molar-refractivity contribution in [2.75, 3.05) is 18.5 Å². The number of thiazole rings is 1. The van der Waals surface area contributed by atoms with E-state index in [2.05, 4.69) is 29.4 Å². The molecule has 1 N–H and O–H groups in total. The maximum atomic E-state index is 4.69. The summed E-state index contributed by atoms with van der Waals surface area (Å²) in [5.41, 5.74) is 1.16. The molecule has 2 heterocycles. The van der Waals surface area contributed by atoms with E-state index in [-0.39, 0.29) is 0 Å². The van der Waals surface area contributed by atoms with Gasteiger partial charge in [-0.1, -0.05) is 6.92 Å². The number of anilines is 1. The third-order valence-electron chi connectivity index (χ3n) is 3.52. The molecule has 3 nitrogen and oxygen atoms in total. The Balaban J connectivity index is 2.09. The first kappa shape index (κ1) is 11.9. The lowest BCUT2D eigenvalue weighted by Gasteiger charge is -2.37. The van der Waals surface area contributed by atoms with E-state index in [1.165, 1.54) is 18.0 Å². The van der Waals surface area contributed by atoms with Crippen molar-refractivity contribution in [3.63, 3.8) is 0 Å². The van der Waals surface area contributed by atoms with Crippen LogP contribution in [-0.4, -0.2) is 24.6 Å². The van der Waals surface area contributed by atoms with Crippen molar-refractivity contribution < 1.29 is 0 Å². The molecular weight excluding hydrogens is 218 g/mol. The second kappa shape index (κ2) is 5.15. The van der Waals surface area contributed by atoms with Crippen molar-refractivity contribution in [2.24, 2.45) is 5.92 Å². The van der Waals surface area contributed by atoms with Crippen LogP contribution in [-0.2, 0) is 6.54 Å². The highest BCUT2D eigenvalue weighted by Gasteiger charge is 2.26. The highest BCUT2D eigenvalue weighted by molar-refractivity contribution is 7.13. The Morgan fingerprint density at radius 3 is 3.12 bits per heavy atom. The molecule has 0 aromatic carbocycles. The normalized spacial score (nSPS) is 26.1. The van der Waals surface area contributed by atoms with Crippen LogP contribution in [0.5, 0.6) is 0 Å². The molecule has 1 fully saturated rings. The fraction of sp³-hybridized carbons (Fsp3) is 0.750. The molecule has 1 aromatic rings. The summed E-state index contributed by atoms with van der Waals surface area (Å²) >= 11 is 1.78. The molecule has 16 heavy (non-hydrogen) atoms. The zero-order valence-electron chi connectivity index (χ0n) is 10.4. The minimum absolute atomic E-state index is 0.627. The highest BCUT2D eigenvalue weighted by Crippen LogP contribution is 2.30. The van der Waals surface area contributed by atoms with Gasteiger partial charge in [0.05, 0.1) is 5.69 Å². The summed E-state index contributed by atoms with van der Waals surface area (Å²) in [6.45, 7) is 6.70. The Labute approximate surface area is 102 Å². The van der Waals surface area contributed by atoms with Crippen LogP contribution in [0.4, 0.5) is 5.13 Å². The molecule has 0 radical (unpaired) electrons. The van der Waals surface area contributed by atoms with Gasteiger partial charge >= 0.3 is 0 Å². The van der Waals surface area contributed by atoms with Gasteiger partial charge in [-0.3, -0.25) is 0 Å². The number of hydrogen-bond acceptors (Lipinski definition) is 4. The number of hydrogen-bond donors (Lipinski definition) is 1. The van der Waals surface area contributed by atoms with Gasteiger partial charge < -0.3 is 10.2 Å². The van der Waals surface area contributed by atoms with Crippen LogP contribution in [0.25, 0.3) is 0 Å². The monoisotopic (exact) mass is 239 g/mol. The Bertz CT molecular complexity index is 337. The van der Waals surface area contributed by atoms with Crippen LogP contribution in [0.3, 0.4) is 0 Å². The first-order valence-corrected chi connectivity index (χ1v) is 6.96. The molecule has 1 aromatic heterocycles. The molecule has 1 aliphatic rings. The van der Waals surface area contributed by atoms with Crippen molar-refractivity contribution in [2.45, 2.75) is 39.3 Å². The van der Waals surface area contributed by atoms with Crippen molar-refractivity contribution >= 4 is 16.5 Å². The Kier molecular flexibility index (Phi) is 3.82. The average molecular weight is 239 g/mol. The molecule has 1 aliphatic heterocycles. The van der Waals surface area contributed by atoms with Gasteiger partial charge in [-0.25, -0.2) is 4.98 Å². The Morgan fingerprint density at radius 1 is 1.56 bits per heavy atom. The van der Waals surface area contributed by atoms with Crippen LogP contribution in [0.2, 0.25) is 0 Å². The van der Waals surface area contributed by atoms with Crippen LogP contribution in [0.15, 0.2) is 5.38 Å². The highest BCUT2D eigenvalue weighted by atomic mass is 32.1. The minimum Gasteiger partial charge on any atom is -0.345 e. The smallest absolute Gasteiger partial charge is 0.185 e. The van der Waals surface area contributed by atoms with Crippen LogP contribution in [0.1, 0.15) is 32.4 Å². The SMILES string of the molecule is CNCc1csc(N2CCCC(C)C2C)n1. The van der Waals surface area contributed by atoms with Gasteiger partial charge in [-0.15, -0.1) is 11.3 Å². The lowest BCUT2D eigenvalue weighted by molar-refractivity contribution is 0.363. The summed E-state index contributed by atoms with van der Waals surface area (Å²) in [5, 5.41) is 6.51. The molecule has 90 valence electrons. The van der Waals surface area contributed by atoms with Crippen molar-refractivity contribution in [1.29, 1.82) is 0 Å². The summed E-state index contributed by atoms with van der Waals surface area (Å²) in [6.07, 6.45) is 2.65. The first-order valence-electron chi connectivity index (χ1n) is 6.08. The maximum Gasteiger partial charge on any atom is 0.185 e. The van der Waals surface area contributed by atoms with Crippen molar-refractivity contribution in [3.05, 3.63) is 11.1 Å². The number of piperidine rings is 1. The molecule has 2 atom stereocenters. The van der Waals surface area contributed by atoms with E-state index in [1.807, 2.05) is 7.05 Å². The summed E-state index contributed by atoms with van der Waals surface area (Å²) in [6, 6.07) is 0.627. The van der Waals surface area contributed by atoms with Crippen molar-refractivity contribution in [3.8, 4) is 0 Å². The predicted molar refractivity (Wildman–Crippen MR) is 70.1 cm³/mol. The summed E-state index contributed by atoms with van der Waals surface area (Å²) in [7, 11) is 1.96. The van der Waals surface area contributed by atoms with Crippen LogP contribution in [0, 0.1) is 5.92 Å². The molecule has 0 bridgehead atoms. The second-order valence-electron chi connectivity index (χ2n) is 4.71. The molecule has 0 aliphatic carbocycles. The number of nitrogens with zero attached hydrogens (tertiary/aromatic N) is 2. The standard InChI is InChI=1S/C12H21N3S/c1-9-5-4-6-15(10(9)2)12-14-11(7-13-3)8-16-12/h8-10,13H,4-7H2,1-3H3. The van der Waals surface area contributed by atoms with E-state index in [0.29, 0.717) is 6.04 Å². The fourth-order valence-corrected chi connectivity index (χ4v) is 3.24. The van der Waals surface area contributed by atoms with Gasteiger partial charge in [0.15, 0.2) is 5.13 Å². The molecule has 1 saturated heterocycles. The summed E-state index contributed by atoms with van der Waals surface area (Å²) < 4.78 is 0. The topological polar surface area (TPSA) is 28.2 Å². The summed E-state index contributed by atoms with van der Waals surface area (Å²) in [5.74, 6) is 0.783. The third-order valence-corrected chi connectivity index (χ3v) is 4.44. The zero-order chi connectivity index (χ0) is 11.5. The van der Waals surface area contributed by atoms with Crippen LogP contribution < -0.4 is 10.2 Å². The minimum atomic E-state index is 0.627. The van der Waals surface area contributed by atoms with Crippen molar-refractivity contribution in [1.82, 2.24) is 10.3 Å². The molecule has 0 saturated carbocycles. The van der Waals surface area contributed by atoms with Gasteiger partial charge in [0.1, 0.15) is 0 Å². The molecule has 0 spiro atoms. The molecular formula is C12H21N3S. The van der Waals surface area contributed by atoms with E-state index in [0.717, 1.165) is 24.7 Å². The molecule has 2 rings (SSSR count). The lowest BCUT2D eigenvalue weighted by Crippen LogP contribution is -2.42. The second-order valence-corrected chi connectivity index (χ2v) is 5.54. The van der Waals surface area contributed by atoms with E-state index in [1.54, 1.807) is 11.3 Å². The summed E-state index contributed by atoms with van der Waals surface area (Å²) in [4.78, 5) is 7.16. The van der Waals surface area contributed by atoms with Gasteiger partial charge in [0.25, 0.3) is 0 Å².